The molecule has 44 heavy (non-hydrogen) atoms. The topological polar surface area (TPSA) is 90.4 Å². The summed E-state index contributed by atoms with van der Waals surface area (Å²) in [4.78, 5) is 48.4. The monoisotopic (exact) mass is 681 g/mol. The molecule has 3 heterocycles. The Morgan fingerprint density at radius 3 is 2.43 bits per heavy atom. The summed E-state index contributed by atoms with van der Waals surface area (Å²) in [5.74, 6) is -1.32. The summed E-state index contributed by atoms with van der Waals surface area (Å²) in [5.41, 5.74) is 3.39. The number of rotatable bonds is 12. The summed E-state index contributed by atoms with van der Waals surface area (Å²) in [6.07, 6.45) is 3.92. The zero-order valence-electron chi connectivity index (χ0n) is 25.4. The van der Waals surface area contributed by atoms with Crippen LogP contribution in [0.4, 0.5) is 11.4 Å². The molecular weight excluding hydrogens is 642 g/mol. The number of hydrogen-bond donors (Lipinski definition) is 1. The van der Waals surface area contributed by atoms with Gasteiger partial charge in [0.15, 0.2) is 0 Å². The number of aryl methyl sites for hydroxylation is 2. The molecule has 3 amide bonds. The van der Waals surface area contributed by atoms with Crippen LogP contribution >= 0.6 is 27.7 Å². The zero-order valence-corrected chi connectivity index (χ0v) is 27.9. The average molecular weight is 683 g/mol. The summed E-state index contributed by atoms with van der Waals surface area (Å²) in [6, 6.07) is 12.4. The zero-order chi connectivity index (χ0) is 31.8. The maximum absolute atomic E-state index is 14.7. The normalized spacial score (nSPS) is 26.8. The molecule has 3 saturated heterocycles. The first kappa shape index (κ1) is 32.3. The van der Waals surface area contributed by atoms with E-state index in [0.29, 0.717) is 24.5 Å². The van der Waals surface area contributed by atoms with Gasteiger partial charge in [0, 0.05) is 41.1 Å². The molecule has 3 unspecified atom stereocenters. The fourth-order valence-electron chi connectivity index (χ4n) is 7.15. The maximum atomic E-state index is 14.7. The van der Waals surface area contributed by atoms with Crippen molar-refractivity contribution in [2.45, 2.75) is 48.1 Å². The van der Waals surface area contributed by atoms with Crippen LogP contribution < -0.4 is 14.5 Å². The van der Waals surface area contributed by atoms with Crippen molar-refractivity contribution in [3.63, 3.8) is 0 Å². The highest BCUT2D eigenvalue weighted by Gasteiger charge is 2.76. The van der Waals surface area contributed by atoms with Gasteiger partial charge in [0.2, 0.25) is 11.8 Å². The number of nitrogens with zero attached hydrogens (tertiary/aromatic N) is 3. The van der Waals surface area contributed by atoms with Crippen LogP contribution in [0.15, 0.2) is 67.8 Å². The van der Waals surface area contributed by atoms with E-state index in [2.05, 4.69) is 29.1 Å². The number of thioether (sulfide) groups is 1. The van der Waals surface area contributed by atoms with E-state index >= 15 is 0 Å². The summed E-state index contributed by atoms with van der Waals surface area (Å²) in [7, 11) is 0. The number of carbonyl (C=O) groups excluding carboxylic acids is 3. The second-order valence-corrected chi connectivity index (χ2v) is 14.3. The van der Waals surface area contributed by atoms with Crippen LogP contribution in [0, 0.1) is 25.7 Å². The summed E-state index contributed by atoms with van der Waals surface area (Å²) in [5, 5.41) is 9.86. The Morgan fingerprint density at radius 2 is 1.80 bits per heavy atom. The number of aliphatic hydroxyl groups is 1. The van der Waals surface area contributed by atoms with Crippen molar-refractivity contribution >= 4 is 56.8 Å². The molecule has 3 aliphatic heterocycles. The minimum absolute atomic E-state index is 0.0105. The summed E-state index contributed by atoms with van der Waals surface area (Å²) < 4.78 is 4.76. The van der Waals surface area contributed by atoms with E-state index in [4.69, 9.17) is 4.74 Å². The second kappa shape index (κ2) is 13.1. The molecule has 3 fully saturated rings. The van der Waals surface area contributed by atoms with Crippen LogP contribution in [0.2, 0.25) is 0 Å². The van der Waals surface area contributed by atoms with Crippen LogP contribution in [0.3, 0.4) is 0 Å². The Balaban J connectivity index is 1.56. The molecule has 8 nitrogen and oxygen atoms in total. The molecule has 10 heteroatoms. The lowest BCUT2D eigenvalue weighted by atomic mass is 9.70. The van der Waals surface area contributed by atoms with Gasteiger partial charge in [-0.1, -0.05) is 40.2 Å². The fraction of sp³-hybridized carbons (Fsp3) is 0.441. The first-order chi connectivity index (χ1) is 21.1. The molecule has 0 aliphatic carbocycles. The van der Waals surface area contributed by atoms with Crippen molar-refractivity contribution in [2.24, 2.45) is 11.8 Å². The highest BCUT2D eigenvalue weighted by atomic mass is 79.9. The van der Waals surface area contributed by atoms with Gasteiger partial charge in [0.25, 0.3) is 5.91 Å². The number of benzene rings is 2. The summed E-state index contributed by atoms with van der Waals surface area (Å²) in [6.45, 7) is 14.4. The lowest BCUT2D eigenvalue weighted by Gasteiger charge is -2.38. The number of β-amino-alcohol motifs (C(OH)–C–C–N with tert-alkyl or cyclic N) is 1. The number of hydrogen-bond acceptors (Lipinski definition) is 6. The van der Waals surface area contributed by atoms with Crippen molar-refractivity contribution in [2.75, 3.05) is 42.6 Å². The first-order valence-corrected chi connectivity index (χ1v) is 16.8. The third-order valence-corrected chi connectivity index (χ3v) is 12.1. The molecule has 1 N–H and O–H groups in total. The van der Waals surface area contributed by atoms with Gasteiger partial charge >= 0.3 is 0 Å². The molecular formula is C34H40BrN3O5S. The highest BCUT2D eigenvalue weighted by Crippen LogP contribution is 2.68. The minimum Gasteiger partial charge on any atom is -0.494 e. The maximum Gasteiger partial charge on any atom is 0.251 e. The lowest BCUT2D eigenvalue weighted by molar-refractivity contribution is -0.139. The highest BCUT2D eigenvalue weighted by molar-refractivity contribution is 9.09. The molecule has 0 aromatic heterocycles. The Kier molecular flexibility index (Phi) is 9.63. The SMILES string of the molecule is C=CCN(C(=O)[C@H]1[C@@H]2SC3(CC2Br)C(C(=O)N(CC=C)c2cc(C)ccc2C)N(CCO)C(=O)[C@H]13)c1ccc(OCC)cc1. The Bertz CT molecular complexity index is 1450. The van der Waals surface area contributed by atoms with Gasteiger partial charge in [0.05, 0.1) is 29.8 Å². The molecule has 6 atom stereocenters. The fourth-order valence-corrected chi connectivity index (χ4v) is 10.8. The minimum atomic E-state index is -0.849. The number of likely N-dealkylation sites (tertiary alicyclic amines) is 1. The number of fused-ring (bicyclic) bond motifs is 1. The van der Waals surface area contributed by atoms with Crippen molar-refractivity contribution in [3.8, 4) is 5.75 Å². The molecule has 234 valence electrons. The van der Waals surface area contributed by atoms with Crippen LogP contribution in [0.5, 0.6) is 5.75 Å². The van der Waals surface area contributed by atoms with E-state index < -0.39 is 22.6 Å². The molecule has 1 spiro atoms. The number of amides is 3. The van der Waals surface area contributed by atoms with E-state index in [1.807, 2.05) is 63.2 Å². The van der Waals surface area contributed by atoms with Gasteiger partial charge in [-0.25, -0.2) is 0 Å². The van der Waals surface area contributed by atoms with Gasteiger partial charge in [-0.15, -0.1) is 24.9 Å². The van der Waals surface area contributed by atoms with Crippen LogP contribution in [-0.4, -0.2) is 81.4 Å². The number of ether oxygens (including phenoxy) is 1. The number of carbonyl (C=O) groups is 3. The standard InChI is InChI=1S/C34H40BrN3O5S/c1-6-15-36(23-11-13-24(14-12-23)43-8-3)31(40)27-28-32(41)38(17-18-39)30(34(28)20-25(35)29(27)44-34)33(42)37(16-7-2)26-19-21(4)9-10-22(26)5/h6-7,9-14,19,25,27-30,39H,1-2,8,15-18,20H2,3-5H3/t25?,27-,28+,29-,30?,34?/m1/s1. The van der Waals surface area contributed by atoms with Crippen molar-refractivity contribution < 1.29 is 24.2 Å². The van der Waals surface area contributed by atoms with Crippen molar-refractivity contribution in [1.29, 1.82) is 0 Å². The first-order valence-electron chi connectivity index (χ1n) is 15.0. The van der Waals surface area contributed by atoms with Gasteiger partial charge in [-0.3, -0.25) is 14.4 Å². The number of aliphatic hydroxyl groups excluding tert-OH is 1. The van der Waals surface area contributed by atoms with Gasteiger partial charge < -0.3 is 24.5 Å². The molecule has 2 bridgehead atoms. The van der Waals surface area contributed by atoms with E-state index in [9.17, 15) is 19.5 Å². The van der Waals surface area contributed by atoms with Crippen LogP contribution in [0.1, 0.15) is 24.5 Å². The smallest absolute Gasteiger partial charge is 0.251 e. The van der Waals surface area contributed by atoms with Gasteiger partial charge in [-0.05, 0) is 68.7 Å². The number of anilines is 2. The largest absolute Gasteiger partial charge is 0.494 e. The van der Waals surface area contributed by atoms with Crippen molar-refractivity contribution in [3.05, 3.63) is 78.9 Å². The van der Waals surface area contributed by atoms with Crippen molar-refractivity contribution in [1.82, 2.24) is 4.90 Å². The second-order valence-electron chi connectivity index (χ2n) is 11.6. The average Bonchev–Trinajstić information content (AvgIpc) is 3.59. The third kappa shape index (κ3) is 5.39. The summed E-state index contributed by atoms with van der Waals surface area (Å²) >= 11 is 5.43. The molecule has 2 aromatic rings. The van der Waals surface area contributed by atoms with Crippen LogP contribution in [-0.2, 0) is 14.4 Å². The molecule has 3 aliphatic rings. The predicted octanol–water partition coefficient (Wildman–Crippen LogP) is 4.90. The van der Waals surface area contributed by atoms with Gasteiger partial charge in [-0.2, -0.15) is 0 Å². The third-order valence-electron chi connectivity index (χ3n) is 8.92. The molecule has 0 saturated carbocycles. The van der Waals surface area contributed by atoms with Gasteiger partial charge in [0.1, 0.15) is 11.8 Å². The lowest BCUT2D eigenvalue weighted by Crippen LogP contribution is -2.56. The van der Waals surface area contributed by atoms with E-state index in [-0.39, 0.29) is 54.0 Å². The van der Waals surface area contributed by atoms with E-state index in [0.717, 1.165) is 16.8 Å². The quantitative estimate of drug-likeness (QED) is 0.253. The number of alkyl halides is 1. The molecule has 5 rings (SSSR count). The van der Waals surface area contributed by atoms with Crippen LogP contribution in [0.25, 0.3) is 0 Å². The number of halogens is 1. The Labute approximate surface area is 272 Å². The molecule has 2 aromatic carbocycles. The molecule has 0 radical (unpaired) electrons. The van der Waals surface area contributed by atoms with E-state index in [1.54, 1.807) is 33.7 Å². The Hall–Kier alpha value is -3.08. The van der Waals surface area contributed by atoms with E-state index in [1.165, 1.54) is 4.90 Å². The predicted molar refractivity (Wildman–Crippen MR) is 180 cm³/mol. The Morgan fingerprint density at radius 1 is 1.11 bits per heavy atom.